The summed E-state index contributed by atoms with van der Waals surface area (Å²) in [5, 5.41) is 22.7. The van der Waals surface area contributed by atoms with Crippen molar-refractivity contribution in [1.29, 1.82) is 0 Å². The quantitative estimate of drug-likeness (QED) is 0.487. The Bertz CT molecular complexity index is 1210. The van der Waals surface area contributed by atoms with E-state index in [2.05, 4.69) is 20.3 Å². The maximum absolute atomic E-state index is 14.1. The second kappa shape index (κ2) is 9.57. The molecule has 0 aliphatic carbocycles. The first-order valence-electron chi connectivity index (χ1n) is 9.72. The van der Waals surface area contributed by atoms with Crippen molar-refractivity contribution >= 4 is 29.0 Å². The van der Waals surface area contributed by atoms with Gasteiger partial charge in [0.1, 0.15) is 41.4 Å². The van der Waals surface area contributed by atoms with Crippen LogP contribution in [-0.4, -0.2) is 55.3 Å². The van der Waals surface area contributed by atoms with Gasteiger partial charge >= 0.3 is 0 Å². The number of carbonyl (C=O) groups is 1. The van der Waals surface area contributed by atoms with Crippen LogP contribution in [0.5, 0.6) is 0 Å². The number of amides is 1. The van der Waals surface area contributed by atoms with Gasteiger partial charge in [0.15, 0.2) is 5.82 Å². The van der Waals surface area contributed by atoms with Crippen LogP contribution in [0.3, 0.4) is 0 Å². The van der Waals surface area contributed by atoms with Gasteiger partial charge in [-0.15, -0.1) is 11.6 Å². The molecule has 3 heterocycles. The van der Waals surface area contributed by atoms with Crippen molar-refractivity contribution in [3.8, 4) is 11.4 Å². The molecule has 0 fully saturated rings. The molecular formula is C22H17ClF2N4O4. The summed E-state index contributed by atoms with van der Waals surface area (Å²) in [6.07, 6.45) is 2.01. The van der Waals surface area contributed by atoms with E-state index in [-0.39, 0.29) is 28.8 Å². The van der Waals surface area contributed by atoms with Gasteiger partial charge in [-0.05, 0) is 30.3 Å². The number of aromatic nitrogens is 3. The normalized spacial score (nSPS) is 20.0. The Morgan fingerprint density at radius 1 is 1.15 bits per heavy atom. The van der Waals surface area contributed by atoms with Gasteiger partial charge in [-0.3, -0.25) is 9.78 Å². The van der Waals surface area contributed by atoms with E-state index < -0.39 is 41.4 Å². The van der Waals surface area contributed by atoms with Crippen LogP contribution in [0.1, 0.15) is 16.1 Å². The van der Waals surface area contributed by atoms with E-state index >= 15 is 0 Å². The minimum absolute atomic E-state index is 0.0708. The van der Waals surface area contributed by atoms with Crippen LogP contribution in [0.2, 0.25) is 0 Å². The van der Waals surface area contributed by atoms with Gasteiger partial charge in [-0.1, -0.05) is 6.07 Å². The number of aliphatic hydroxyl groups excluding tert-OH is 2. The number of nitrogens with zero attached hydrogens (tertiary/aromatic N) is 3. The number of halogens is 3. The second-order valence-electron chi connectivity index (χ2n) is 7.06. The maximum atomic E-state index is 14.1. The summed E-state index contributed by atoms with van der Waals surface area (Å²) in [5.41, 5.74) is -0.0172. The summed E-state index contributed by atoms with van der Waals surface area (Å²) in [6.45, 7) is 0. The Kier molecular flexibility index (Phi) is 6.59. The van der Waals surface area contributed by atoms with Gasteiger partial charge in [0, 0.05) is 18.0 Å². The molecule has 3 N–H and O–H groups in total. The third kappa shape index (κ3) is 4.68. The number of pyridine rings is 1. The lowest BCUT2D eigenvalue weighted by atomic mass is 10.0. The Morgan fingerprint density at radius 2 is 1.91 bits per heavy atom. The highest BCUT2D eigenvalue weighted by Gasteiger charge is 2.33. The molecule has 0 saturated heterocycles. The Labute approximate surface area is 191 Å². The third-order valence-corrected chi connectivity index (χ3v) is 5.20. The SMILES string of the molecule is O=C(Nc1cnccc1C1=C[C@@H](O)[C@H](O)[C@@H](CCl)O1)c1ccnc(-c2c(F)cccc2F)n1. The van der Waals surface area contributed by atoms with Crippen LogP contribution in [-0.2, 0) is 4.74 Å². The number of ether oxygens (including phenoxy) is 1. The number of nitrogens with one attached hydrogen (secondary N) is 1. The minimum Gasteiger partial charge on any atom is -0.486 e. The molecule has 4 rings (SSSR count). The molecule has 2 aromatic heterocycles. The maximum Gasteiger partial charge on any atom is 0.274 e. The van der Waals surface area contributed by atoms with Crippen LogP contribution >= 0.6 is 11.6 Å². The zero-order valence-electron chi connectivity index (χ0n) is 16.8. The molecule has 1 aromatic carbocycles. The van der Waals surface area contributed by atoms with Crippen molar-refractivity contribution < 1.29 is 28.5 Å². The molecule has 1 aliphatic heterocycles. The first-order chi connectivity index (χ1) is 15.9. The van der Waals surface area contributed by atoms with Crippen molar-refractivity contribution in [2.24, 2.45) is 0 Å². The molecule has 0 saturated carbocycles. The molecule has 0 bridgehead atoms. The molecule has 0 unspecified atom stereocenters. The van der Waals surface area contributed by atoms with Crippen LogP contribution in [0, 0.1) is 11.6 Å². The number of hydrogen-bond donors (Lipinski definition) is 3. The highest BCUT2D eigenvalue weighted by molar-refractivity contribution is 6.18. The molecule has 3 atom stereocenters. The van der Waals surface area contributed by atoms with Crippen LogP contribution < -0.4 is 5.32 Å². The summed E-state index contributed by atoms with van der Waals surface area (Å²) >= 11 is 5.81. The van der Waals surface area contributed by atoms with Gasteiger partial charge in [-0.2, -0.15) is 0 Å². The van der Waals surface area contributed by atoms with Gasteiger partial charge < -0.3 is 20.3 Å². The number of aliphatic hydroxyl groups is 2. The molecular weight excluding hydrogens is 458 g/mol. The number of hydrogen-bond acceptors (Lipinski definition) is 7. The van der Waals surface area contributed by atoms with Crippen LogP contribution in [0.15, 0.2) is 55.0 Å². The first-order valence-corrected chi connectivity index (χ1v) is 10.3. The fraction of sp³-hybridized carbons (Fsp3) is 0.182. The zero-order chi connectivity index (χ0) is 23.5. The number of benzene rings is 1. The predicted octanol–water partition coefficient (Wildman–Crippen LogP) is 2.77. The van der Waals surface area contributed by atoms with Crippen molar-refractivity contribution in [1.82, 2.24) is 15.0 Å². The van der Waals surface area contributed by atoms with Gasteiger partial charge in [0.05, 0.1) is 23.3 Å². The largest absolute Gasteiger partial charge is 0.486 e. The van der Waals surface area contributed by atoms with E-state index in [4.69, 9.17) is 16.3 Å². The summed E-state index contributed by atoms with van der Waals surface area (Å²) in [6, 6.07) is 6.16. The molecule has 8 nitrogen and oxygen atoms in total. The van der Waals surface area contributed by atoms with E-state index in [1.807, 2.05) is 0 Å². The summed E-state index contributed by atoms with van der Waals surface area (Å²) in [4.78, 5) is 24.7. The topological polar surface area (TPSA) is 117 Å². The second-order valence-corrected chi connectivity index (χ2v) is 7.37. The summed E-state index contributed by atoms with van der Waals surface area (Å²) in [5.74, 6) is -2.59. The van der Waals surface area contributed by atoms with Gasteiger partial charge in [-0.25, -0.2) is 18.7 Å². The van der Waals surface area contributed by atoms with E-state index in [0.717, 1.165) is 12.1 Å². The molecule has 33 heavy (non-hydrogen) atoms. The Hall–Kier alpha value is -3.47. The van der Waals surface area contributed by atoms with Crippen molar-refractivity contribution in [3.63, 3.8) is 0 Å². The van der Waals surface area contributed by atoms with E-state index in [9.17, 15) is 23.8 Å². The summed E-state index contributed by atoms with van der Waals surface area (Å²) in [7, 11) is 0. The third-order valence-electron chi connectivity index (χ3n) is 4.89. The monoisotopic (exact) mass is 474 g/mol. The van der Waals surface area contributed by atoms with E-state index in [1.165, 1.54) is 42.9 Å². The highest BCUT2D eigenvalue weighted by Crippen LogP contribution is 2.31. The lowest BCUT2D eigenvalue weighted by Crippen LogP contribution is -2.42. The minimum atomic E-state index is -1.23. The molecule has 3 aromatic rings. The summed E-state index contributed by atoms with van der Waals surface area (Å²) < 4.78 is 33.9. The molecule has 0 radical (unpaired) electrons. The lowest BCUT2D eigenvalue weighted by Gasteiger charge is -2.31. The molecule has 170 valence electrons. The van der Waals surface area contributed by atoms with Crippen molar-refractivity contribution in [2.75, 3.05) is 11.2 Å². The molecule has 1 amide bonds. The van der Waals surface area contributed by atoms with Gasteiger partial charge in [0.25, 0.3) is 5.91 Å². The Morgan fingerprint density at radius 3 is 2.64 bits per heavy atom. The fourth-order valence-electron chi connectivity index (χ4n) is 3.23. The van der Waals surface area contributed by atoms with E-state index in [1.54, 1.807) is 0 Å². The fourth-order valence-corrected chi connectivity index (χ4v) is 3.48. The molecule has 0 spiro atoms. The Balaban J connectivity index is 1.63. The number of anilines is 1. The zero-order valence-corrected chi connectivity index (χ0v) is 17.6. The number of carbonyl (C=O) groups excluding carboxylic acids is 1. The lowest BCUT2D eigenvalue weighted by molar-refractivity contribution is -0.0441. The van der Waals surface area contributed by atoms with Gasteiger partial charge in [0.2, 0.25) is 0 Å². The van der Waals surface area contributed by atoms with Crippen LogP contribution in [0.25, 0.3) is 17.1 Å². The van der Waals surface area contributed by atoms with E-state index in [0.29, 0.717) is 5.56 Å². The smallest absolute Gasteiger partial charge is 0.274 e. The molecule has 1 aliphatic rings. The van der Waals surface area contributed by atoms with Crippen molar-refractivity contribution in [3.05, 3.63) is 77.9 Å². The predicted molar refractivity (Wildman–Crippen MR) is 115 cm³/mol. The first kappa shape index (κ1) is 22.7. The highest BCUT2D eigenvalue weighted by atomic mass is 35.5. The molecule has 11 heteroatoms. The average molecular weight is 475 g/mol. The van der Waals surface area contributed by atoms with Crippen molar-refractivity contribution in [2.45, 2.75) is 18.3 Å². The number of alkyl halides is 1. The standard InChI is InChI=1S/C22H17ClF2N4O4/c23-9-18-20(31)16(30)8-17(33-18)11-4-6-26-10-15(11)29-22(32)14-5-7-27-21(28-14)19-12(24)2-1-3-13(19)25/h1-8,10,16,18,20,30-31H,9H2,(H,29,32)/t16-,18-,20+/m1/s1. The average Bonchev–Trinajstić information content (AvgIpc) is 2.81. The number of rotatable bonds is 5. The van der Waals surface area contributed by atoms with Crippen LogP contribution in [0.4, 0.5) is 14.5 Å².